The first-order chi connectivity index (χ1) is 5.70. The van der Waals surface area contributed by atoms with Crippen LogP contribution in [0.4, 0.5) is 0 Å². The topological polar surface area (TPSA) is 58.6 Å². The molecule has 0 radical (unpaired) electrons. The summed E-state index contributed by atoms with van der Waals surface area (Å²) in [4.78, 5) is 10.9. The smallest absolute Gasteiger partial charge is 0.246 e. The molecule has 1 amide bonds. The summed E-state index contributed by atoms with van der Waals surface area (Å²) < 4.78 is 4.87. The monoisotopic (exact) mass is 175 g/mol. The van der Waals surface area contributed by atoms with Crippen LogP contribution in [0.25, 0.3) is 0 Å². The molecule has 0 heterocycles. The lowest BCUT2D eigenvalue weighted by molar-refractivity contribution is -0.126. The zero-order valence-electron chi connectivity index (χ0n) is 7.67. The molecule has 12 heavy (non-hydrogen) atoms. The summed E-state index contributed by atoms with van der Waals surface area (Å²) in [5.41, 5.74) is 0. The van der Waals surface area contributed by atoms with E-state index < -0.39 is 6.10 Å². The van der Waals surface area contributed by atoms with E-state index in [2.05, 4.69) is 5.32 Å². The third kappa shape index (κ3) is 6.12. The molecule has 4 heteroatoms. The van der Waals surface area contributed by atoms with Crippen LogP contribution in [0.1, 0.15) is 20.3 Å². The fourth-order valence-corrected chi connectivity index (χ4v) is 0.622. The number of aliphatic hydroxyl groups is 1. The predicted octanol–water partition coefficient (Wildman–Crippen LogP) is -0.0900. The Labute approximate surface area is 72.9 Å². The number of carbonyl (C=O) groups excluding carboxylic acids is 1. The van der Waals surface area contributed by atoms with Gasteiger partial charge in [-0.1, -0.05) is 6.92 Å². The van der Waals surface area contributed by atoms with Crippen molar-refractivity contribution in [2.24, 2.45) is 0 Å². The number of rotatable bonds is 6. The number of hydrogen-bond acceptors (Lipinski definition) is 3. The lowest BCUT2D eigenvalue weighted by atomic mass is 10.3. The molecule has 0 aliphatic carbocycles. The third-order valence-electron chi connectivity index (χ3n) is 1.44. The first-order valence-electron chi connectivity index (χ1n) is 4.23. The number of aliphatic hydroxyl groups excluding tert-OH is 1. The van der Waals surface area contributed by atoms with Crippen LogP contribution in [0, 0.1) is 0 Å². The van der Waals surface area contributed by atoms with Crippen LogP contribution >= 0.6 is 0 Å². The minimum absolute atomic E-state index is 0.0763. The van der Waals surface area contributed by atoms with Crippen molar-refractivity contribution in [1.29, 1.82) is 0 Å². The zero-order valence-corrected chi connectivity index (χ0v) is 7.67. The summed E-state index contributed by atoms with van der Waals surface area (Å²) in [6, 6.07) is 0. The average Bonchev–Trinajstić information content (AvgIpc) is 2.10. The summed E-state index contributed by atoms with van der Waals surface area (Å²) in [6.45, 7) is 4.60. The molecule has 4 nitrogen and oxygen atoms in total. The van der Waals surface area contributed by atoms with Gasteiger partial charge in [-0.2, -0.15) is 0 Å². The summed E-state index contributed by atoms with van der Waals surface area (Å²) in [5, 5.41) is 11.6. The van der Waals surface area contributed by atoms with Gasteiger partial charge in [0, 0.05) is 13.2 Å². The second-order valence-corrected chi connectivity index (χ2v) is 2.50. The Kier molecular flexibility index (Phi) is 6.70. The highest BCUT2D eigenvalue weighted by atomic mass is 16.5. The minimum Gasteiger partial charge on any atom is -0.391 e. The fraction of sp³-hybridized carbons (Fsp3) is 0.875. The van der Waals surface area contributed by atoms with Crippen molar-refractivity contribution < 1.29 is 14.6 Å². The van der Waals surface area contributed by atoms with Crippen molar-refractivity contribution >= 4 is 5.91 Å². The number of amides is 1. The summed E-state index contributed by atoms with van der Waals surface area (Å²) in [6.07, 6.45) is 0.199. The van der Waals surface area contributed by atoms with E-state index in [0.717, 1.165) is 0 Å². The maximum atomic E-state index is 10.9. The summed E-state index contributed by atoms with van der Waals surface area (Å²) >= 11 is 0. The van der Waals surface area contributed by atoms with Crippen molar-refractivity contribution in [3.8, 4) is 0 Å². The molecule has 0 aliphatic rings. The summed E-state index contributed by atoms with van der Waals surface area (Å²) in [5.74, 6) is -0.177. The quantitative estimate of drug-likeness (QED) is 0.593. The molecule has 0 bridgehead atoms. The van der Waals surface area contributed by atoms with Gasteiger partial charge in [0.2, 0.25) is 5.91 Å². The molecule has 0 fully saturated rings. The molecule has 1 unspecified atom stereocenters. The molecule has 0 saturated carbocycles. The van der Waals surface area contributed by atoms with Gasteiger partial charge in [-0.05, 0) is 13.3 Å². The van der Waals surface area contributed by atoms with E-state index in [9.17, 15) is 4.79 Å². The van der Waals surface area contributed by atoms with Crippen molar-refractivity contribution in [2.45, 2.75) is 26.4 Å². The SMILES string of the molecule is CCOCC(=O)NCC(O)CC. The zero-order chi connectivity index (χ0) is 9.40. The molecular weight excluding hydrogens is 158 g/mol. The second-order valence-electron chi connectivity index (χ2n) is 2.50. The Balaban J connectivity index is 3.31. The Hall–Kier alpha value is -0.610. The van der Waals surface area contributed by atoms with Gasteiger partial charge in [-0.25, -0.2) is 0 Å². The third-order valence-corrected chi connectivity index (χ3v) is 1.44. The van der Waals surface area contributed by atoms with Crippen LogP contribution in [-0.4, -0.2) is 36.9 Å². The molecule has 2 N–H and O–H groups in total. The maximum Gasteiger partial charge on any atom is 0.246 e. The van der Waals surface area contributed by atoms with Gasteiger partial charge in [0.25, 0.3) is 0 Å². The molecular formula is C8H17NO3. The Morgan fingerprint density at radius 2 is 2.25 bits per heavy atom. The molecule has 1 atom stereocenters. The van der Waals surface area contributed by atoms with Gasteiger partial charge < -0.3 is 15.2 Å². The number of hydrogen-bond donors (Lipinski definition) is 2. The first kappa shape index (κ1) is 11.4. The predicted molar refractivity (Wildman–Crippen MR) is 45.8 cm³/mol. The molecule has 0 aromatic heterocycles. The van der Waals surface area contributed by atoms with Crippen LogP contribution in [0.2, 0.25) is 0 Å². The van der Waals surface area contributed by atoms with Gasteiger partial charge in [0.15, 0.2) is 0 Å². The number of carbonyl (C=O) groups is 1. The first-order valence-corrected chi connectivity index (χ1v) is 4.23. The normalized spacial score (nSPS) is 12.6. The van der Waals surface area contributed by atoms with Gasteiger partial charge in [0.1, 0.15) is 6.61 Å². The Morgan fingerprint density at radius 1 is 1.58 bits per heavy atom. The second kappa shape index (κ2) is 7.06. The lowest BCUT2D eigenvalue weighted by Crippen LogP contribution is -2.34. The van der Waals surface area contributed by atoms with Crippen LogP contribution < -0.4 is 5.32 Å². The van der Waals surface area contributed by atoms with Crippen molar-refractivity contribution in [1.82, 2.24) is 5.32 Å². The molecule has 72 valence electrons. The van der Waals surface area contributed by atoms with Crippen LogP contribution in [0.5, 0.6) is 0 Å². The number of nitrogens with one attached hydrogen (secondary N) is 1. The molecule has 0 aromatic carbocycles. The van der Waals surface area contributed by atoms with Crippen LogP contribution in [-0.2, 0) is 9.53 Å². The van der Waals surface area contributed by atoms with Crippen molar-refractivity contribution in [3.05, 3.63) is 0 Å². The van der Waals surface area contributed by atoms with Gasteiger partial charge in [0.05, 0.1) is 6.10 Å². The standard InChI is InChI=1S/C8H17NO3/c1-3-7(10)5-9-8(11)6-12-4-2/h7,10H,3-6H2,1-2H3,(H,9,11). The highest BCUT2D eigenvalue weighted by Crippen LogP contribution is 1.86. The highest BCUT2D eigenvalue weighted by molar-refractivity contribution is 5.77. The van der Waals surface area contributed by atoms with Gasteiger partial charge in [-0.15, -0.1) is 0 Å². The molecule has 0 spiro atoms. The van der Waals surface area contributed by atoms with Crippen molar-refractivity contribution in [3.63, 3.8) is 0 Å². The fourth-order valence-electron chi connectivity index (χ4n) is 0.622. The Morgan fingerprint density at radius 3 is 2.75 bits per heavy atom. The van der Waals surface area contributed by atoms with E-state index in [4.69, 9.17) is 9.84 Å². The van der Waals surface area contributed by atoms with E-state index in [1.165, 1.54) is 0 Å². The van der Waals surface area contributed by atoms with Crippen LogP contribution in [0.3, 0.4) is 0 Å². The Bertz CT molecular complexity index is 127. The van der Waals surface area contributed by atoms with Gasteiger partial charge >= 0.3 is 0 Å². The van der Waals surface area contributed by atoms with E-state index in [1.807, 2.05) is 13.8 Å². The highest BCUT2D eigenvalue weighted by Gasteiger charge is 2.03. The molecule has 0 rings (SSSR count). The molecule has 0 aliphatic heterocycles. The molecule has 0 aromatic rings. The van der Waals surface area contributed by atoms with E-state index in [-0.39, 0.29) is 12.5 Å². The van der Waals surface area contributed by atoms with Crippen molar-refractivity contribution in [2.75, 3.05) is 19.8 Å². The van der Waals surface area contributed by atoms with E-state index in [1.54, 1.807) is 0 Å². The van der Waals surface area contributed by atoms with E-state index in [0.29, 0.717) is 19.6 Å². The lowest BCUT2D eigenvalue weighted by Gasteiger charge is -2.08. The largest absolute Gasteiger partial charge is 0.391 e. The minimum atomic E-state index is -0.449. The van der Waals surface area contributed by atoms with Gasteiger partial charge in [-0.3, -0.25) is 4.79 Å². The maximum absolute atomic E-state index is 10.9. The number of ether oxygens (including phenoxy) is 1. The van der Waals surface area contributed by atoms with E-state index >= 15 is 0 Å². The summed E-state index contributed by atoms with van der Waals surface area (Å²) in [7, 11) is 0. The average molecular weight is 175 g/mol. The molecule has 0 saturated heterocycles. The van der Waals surface area contributed by atoms with Crippen LogP contribution in [0.15, 0.2) is 0 Å².